The van der Waals surface area contributed by atoms with Gasteiger partial charge in [0.05, 0.1) is 15.9 Å². The second-order valence-corrected chi connectivity index (χ2v) is 7.82. The van der Waals surface area contributed by atoms with Crippen molar-refractivity contribution in [3.05, 3.63) is 70.3 Å². The molecule has 0 radical (unpaired) electrons. The molecular formula is C19H19NO7S. The number of non-ortho nitro benzene ring substituents is 1. The zero-order valence-corrected chi connectivity index (χ0v) is 16.1. The van der Waals surface area contributed by atoms with Crippen molar-refractivity contribution in [2.75, 3.05) is 6.61 Å². The van der Waals surface area contributed by atoms with Gasteiger partial charge in [-0.2, -0.15) is 8.42 Å². The summed E-state index contributed by atoms with van der Waals surface area (Å²) < 4.78 is 41.6. The van der Waals surface area contributed by atoms with E-state index in [9.17, 15) is 18.5 Å². The molecule has 0 aromatic heterocycles. The lowest BCUT2D eigenvalue weighted by atomic mass is 10.1. The minimum Gasteiger partial charge on any atom is -0.480 e. The molecule has 28 heavy (non-hydrogen) atoms. The number of aryl methyl sites for hydroxylation is 1. The van der Waals surface area contributed by atoms with Crippen molar-refractivity contribution < 1.29 is 27.0 Å². The summed E-state index contributed by atoms with van der Waals surface area (Å²) in [6, 6.07) is 10.3. The molecule has 1 aliphatic rings. The first kappa shape index (κ1) is 19.8. The molecule has 0 saturated carbocycles. The summed E-state index contributed by atoms with van der Waals surface area (Å²) in [6.07, 6.45) is 2.04. The van der Waals surface area contributed by atoms with Crippen LogP contribution >= 0.6 is 0 Å². The molecular weight excluding hydrogens is 386 g/mol. The summed E-state index contributed by atoms with van der Waals surface area (Å²) >= 11 is 0. The van der Waals surface area contributed by atoms with Gasteiger partial charge in [-0.25, -0.2) is 0 Å². The molecule has 148 valence electrons. The van der Waals surface area contributed by atoms with Gasteiger partial charge >= 0.3 is 0 Å². The molecule has 0 amide bonds. The number of nitro groups is 1. The highest BCUT2D eigenvalue weighted by Gasteiger charge is 2.33. The maximum absolute atomic E-state index is 12.4. The van der Waals surface area contributed by atoms with Gasteiger partial charge in [-0.1, -0.05) is 23.8 Å². The Balaban J connectivity index is 1.80. The highest BCUT2D eigenvalue weighted by Crippen LogP contribution is 2.37. The fourth-order valence-electron chi connectivity index (χ4n) is 2.66. The minimum absolute atomic E-state index is 0.0356. The van der Waals surface area contributed by atoms with Crippen LogP contribution in [0, 0.1) is 17.0 Å². The summed E-state index contributed by atoms with van der Waals surface area (Å²) in [5, 5.41) is 11.0. The van der Waals surface area contributed by atoms with Crippen LogP contribution in [0.25, 0.3) is 0 Å². The molecule has 0 aliphatic carbocycles. The van der Waals surface area contributed by atoms with Crippen molar-refractivity contribution in [3.63, 3.8) is 0 Å². The molecule has 1 unspecified atom stereocenters. The van der Waals surface area contributed by atoms with E-state index in [1.54, 1.807) is 31.2 Å². The van der Waals surface area contributed by atoms with Crippen LogP contribution in [0.1, 0.15) is 12.5 Å². The SMILES string of the molecule is CC=CC1Oc2ccc([N+](=O)[O-])cc2O[C@@H]1COS(=O)(=O)c1ccc(C)cc1. The normalized spacial score (nSPS) is 18.9. The molecule has 0 bridgehead atoms. The van der Waals surface area contributed by atoms with Gasteiger partial charge in [0, 0.05) is 6.07 Å². The maximum Gasteiger partial charge on any atom is 0.297 e. The van der Waals surface area contributed by atoms with E-state index in [1.165, 1.54) is 30.3 Å². The molecule has 1 heterocycles. The largest absolute Gasteiger partial charge is 0.480 e. The average Bonchev–Trinajstić information content (AvgIpc) is 2.66. The highest BCUT2D eigenvalue weighted by molar-refractivity contribution is 7.86. The third-order valence-corrected chi connectivity index (χ3v) is 5.42. The number of benzene rings is 2. The lowest BCUT2D eigenvalue weighted by molar-refractivity contribution is -0.385. The third kappa shape index (κ3) is 4.32. The topological polar surface area (TPSA) is 105 Å². The molecule has 0 fully saturated rings. The number of ether oxygens (including phenoxy) is 2. The Morgan fingerprint density at radius 2 is 1.86 bits per heavy atom. The van der Waals surface area contributed by atoms with Crippen molar-refractivity contribution in [2.24, 2.45) is 0 Å². The smallest absolute Gasteiger partial charge is 0.297 e. The van der Waals surface area contributed by atoms with Gasteiger partial charge in [-0.15, -0.1) is 0 Å². The van der Waals surface area contributed by atoms with Crippen LogP contribution in [0.5, 0.6) is 11.5 Å². The van der Waals surface area contributed by atoms with Crippen LogP contribution in [0.2, 0.25) is 0 Å². The van der Waals surface area contributed by atoms with E-state index in [0.717, 1.165) is 5.56 Å². The van der Waals surface area contributed by atoms with Gasteiger partial charge in [-0.05, 0) is 38.1 Å². The summed E-state index contributed by atoms with van der Waals surface area (Å²) in [5.74, 6) is 0.502. The number of nitrogens with zero attached hydrogens (tertiary/aromatic N) is 1. The van der Waals surface area contributed by atoms with E-state index in [4.69, 9.17) is 13.7 Å². The molecule has 2 aromatic carbocycles. The van der Waals surface area contributed by atoms with Gasteiger partial charge in [-0.3, -0.25) is 14.3 Å². The number of nitro benzene ring substituents is 1. The van der Waals surface area contributed by atoms with Crippen LogP contribution in [-0.4, -0.2) is 32.2 Å². The van der Waals surface area contributed by atoms with Crippen LogP contribution in [-0.2, 0) is 14.3 Å². The van der Waals surface area contributed by atoms with Gasteiger partial charge < -0.3 is 9.47 Å². The number of fused-ring (bicyclic) bond motifs is 1. The standard InChI is InChI=1S/C19H19NO7S/c1-3-4-16-19(12-25-28(23,24)15-8-5-13(2)6-9-15)27-18-11-14(20(21)22)7-10-17(18)26-16/h3-11,16,19H,12H2,1-2H3/t16?,19-/m1/s1. The molecule has 2 atom stereocenters. The minimum atomic E-state index is -3.98. The van der Waals surface area contributed by atoms with Gasteiger partial charge in [0.2, 0.25) is 0 Å². The molecule has 0 saturated heterocycles. The van der Waals surface area contributed by atoms with Crippen molar-refractivity contribution in [1.29, 1.82) is 0 Å². The second kappa shape index (κ2) is 7.99. The van der Waals surface area contributed by atoms with E-state index < -0.39 is 27.2 Å². The maximum atomic E-state index is 12.4. The van der Waals surface area contributed by atoms with Crippen LogP contribution < -0.4 is 9.47 Å². The Labute approximate surface area is 162 Å². The number of allylic oxidation sites excluding steroid dienone is 1. The van der Waals surface area contributed by atoms with Crippen molar-refractivity contribution in [3.8, 4) is 11.5 Å². The Kier molecular flexibility index (Phi) is 5.66. The summed E-state index contributed by atoms with van der Waals surface area (Å²) in [6.45, 7) is 3.33. The fraction of sp³-hybridized carbons (Fsp3) is 0.263. The third-order valence-electron chi connectivity index (χ3n) is 4.13. The Hall–Kier alpha value is -2.91. The predicted octanol–water partition coefficient (Wildman–Crippen LogP) is 3.39. The summed E-state index contributed by atoms with van der Waals surface area (Å²) in [5.41, 5.74) is 0.771. The monoisotopic (exact) mass is 405 g/mol. The number of hydrogen-bond acceptors (Lipinski definition) is 7. The number of rotatable bonds is 6. The first-order chi connectivity index (χ1) is 13.3. The molecule has 9 heteroatoms. The Bertz CT molecular complexity index is 999. The van der Waals surface area contributed by atoms with Crippen molar-refractivity contribution in [1.82, 2.24) is 0 Å². The Morgan fingerprint density at radius 3 is 2.50 bits per heavy atom. The van der Waals surface area contributed by atoms with E-state index in [-0.39, 0.29) is 22.9 Å². The van der Waals surface area contributed by atoms with Crippen molar-refractivity contribution in [2.45, 2.75) is 31.0 Å². The van der Waals surface area contributed by atoms with Gasteiger partial charge in [0.15, 0.2) is 23.7 Å². The van der Waals surface area contributed by atoms with Crippen LogP contribution in [0.4, 0.5) is 5.69 Å². The lowest BCUT2D eigenvalue weighted by Crippen LogP contribution is -2.42. The van der Waals surface area contributed by atoms with Crippen molar-refractivity contribution >= 4 is 15.8 Å². The van der Waals surface area contributed by atoms with Gasteiger partial charge in [0.25, 0.3) is 15.8 Å². The van der Waals surface area contributed by atoms with Crippen LogP contribution in [0.15, 0.2) is 59.5 Å². The van der Waals surface area contributed by atoms with E-state index in [1.807, 2.05) is 6.92 Å². The Morgan fingerprint density at radius 1 is 1.14 bits per heavy atom. The quantitative estimate of drug-likeness (QED) is 0.314. The summed E-state index contributed by atoms with van der Waals surface area (Å²) in [7, 11) is -3.98. The second-order valence-electron chi connectivity index (χ2n) is 6.20. The molecule has 8 nitrogen and oxygen atoms in total. The average molecular weight is 405 g/mol. The zero-order valence-electron chi connectivity index (χ0n) is 15.3. The first-order valence-electron chi connectivity index (χ1n) is 8.51. The first-order valence-corrected chi connectivity index (χ1v) is 9.91. The molecule has 0 N–H and O–H groups in total. The number of hydrogen-bond donors (Lipinski definition) is 0. The summed E-state index contributed by atoms with van der Waals surface area (Å²) in [4.78, 5) is 10.5. The van der Waals surface area contributed by atoms with Crippen LogP contribution in [0.3, 0.4) is 0 Å². The van der Waals surface area contributed by atoms with Gasteiger partial charge in [0.1, 0.15) is 6.61 Å². The van der Waals surface area contributed by atoms with E-state index in [2.05, 4.69) is 0 Å². The van der Waals surface area contributed by atoms with E-state index in [0.29, 0.717) is 5.75 Å². The fourth-order valence-corrected chi connectivity index (χ4v) is 3.58. The van der Waals surface area contributed by atoms with E-state index >= 15 is 0 Å². The zero-order chi connectivity index (χ0) is 20.3. The predicted molar refractivity (Wildman–Crippen MR) is 101 cm³/mol. The highest BCUT2D eigenvalue weighted by atomic mass is 32.2. The molecule has 3 rings (SSSR count). The lowest BCUT2D eigenvalue weighted by Gasteiger charge is -2.32. The molecule has 0 spiro atoms. The molecule has 1 aliphatic heterocycles. The molecule has 2 aromatic rings.